The van der Waals surface area contributed by atoms with E-state index in [9.17, 15) is 18.8 Å². The second-order valence-corrected chi connectivity index (χ2v) is 7.05. The Labute approximate surface area is 168 Å². The number of methoxy groups -OCH3 is 1. The van der Waals surface area contributed by atoms with Crippen molar-refractivity contribution in [3.63, 3.8) is 0 Å². The monoisotopic (exact) mass is 398 g/mol. The third-order valence-corrected chi connectivity index (χ3v) is 5.06. The van der Waals surface area contributed by atoms with Crippen molar-refractivity contribution in [3.05, 3.63) is 64.5 Å². The van der Waals surface area contributed by atoms with Crippen molar-refractivity contribution in [1.82, 2.24) is 0 Å². The number of rotatable bonds is 8. The van der Waals surface area contributed by atoms with Gasteiger partial charge < -0.3 is 9.47 Å². The number of esters is 1. The Bertz CT molecular complexity index is 935. The van der Waals surface area contributed by atoms with E-state index < -0.39 is 24.2 Å². The molecule has 1 aliphatic rings. The molecule has 0 aromatic heterocycles. The highest BCUT2D eigenvalue weighted by Gasteiger charge is 2.16. The van der Waals surface area contributed by atoms with Crippen LogP contribution in [0.2, 0.25) is 0 Å². The van der Waals surface area contributed by atoms with E-state index in [1.165, 1.54) is 36.8 Å². The average Bonchev–Trinajstić information content (AvgIpc) is 2.75. The fraction of sp³-hybridized carbons (Fsp3) is 0.348. The zero-order chi connectivity index (χ0) is 20.8. The number of ketones is 2. The number of carbonyl (C=O) groups is 3. The van der Waals surface area contributed by atoms with Gasteiger partial charge in [0.1, 0.15) is 0 Å². The van der Waals surface area contributed by atoms with Crippen molar-refractivity contribution in [2.24, 2.45) is 0 Å². The lowest BCUT2D eigenvalue weighted by molar-refractivity contribution is -0.142. The van der Waals surface area contributed by atoms with Gasteiger partial charge in [0.05, 0.1) is 13.5 Å². The Morgan fingerprint density at radius 1 is 0.897 bits per heavy atom. The summed E-state index contributed by atoms with van der Waals surface area (Å²) in [6.45, 7) is -0.502. The van der Waals surface area contributed by atoms with Gasteiger partial charge >= 0.3 is 5.97 Å². The predicted molar refractivity (Wildman–Crippen MR) is 105 cm³/mol. The Morgan fingerprint density at radius 3 is 2.31 bits per heavy atom. The lowest BCUT2D eigenvalue weighted by atomic mass is 9.89. The van der Waals surface area contributed by atoms with Crippen LogP contribution in [-0.4, -0.2) is 31.3 Å². The highest BCUT2D eigenvalue weighted by Crippen LogP contribution is 2.23. The molecule has 3 rings (SSSR count). The quantitative estimate of drug-likeness (QED) is 0.495. The van der Waals surface area contributed by atoms with Crippen LogP contribution in [0, 0.1) is 5.82 Å². The lowest BCUT2D eigenvalue weighted by Gasteiger charge is -2.16. The van der Waals surface area contributed by atoms with Gasteiger partial charge in [0.2, 0.25) is 0 Å². The van der Waals surface area contributed by atoms with Gasteiger partial charge in [-0.3, -0.25) is 14.4 Å². The third-order valence-electron chi connectivity index (χ3n) is 5.06. The van der Waals surface area contributed by atoms with Crippen LogP contribution in [0.25, 0.3) is 0 Å². The van der Waals surface area contributed by atoms with Crippen LogP contribution in [0.3, 0.4) is 0 Å². The number of halogens is 1. The molecule has 0 N–H and O–H groups in total. The molecule has 1 aliphatic carbocycles. The summed E-state index contributed by atoms with van der Waals surface area (Å²) in [5.41, 5.74) is 3.19. The highest BCUT2D eigenvalue weighted by molar-refractivity contribution is 5.99. The van der Waals surface area contributed by atoms with E-state index in [-0.39, 0.29) is 29.9 Å². The molecule has 29 heavy (non-hydrogen) atoms. The number of aryl methyl sites for hydroxylation is 2. The molecule has 0 bridgehead atoms. The molecule has 0 aliphatic heterocycles. The number of ether oxygens (including phenoxy) is 2. The molecule has 0 radical (unpaired) electrons. The van der Waals surface area contributed by atoms with E-state index in [1.807, 2.05) is 12.1 Å². The van der Waals surface area contributed by atoms with Crippen LogP contribution >= 0.6 is 0 Å². The molecule has 6 heteroatoms. The summed E-state index contributed by atoms with van der Waals surface area (Å²) in [4.78, 5) is 36.3. The van der Waals surface area contributed by atoms with E-state index >= 15 is 0 Å². The second kappa shape index (κ2) is 9.45. The number of carbonyl (C=O) groups excluding carboxylic acids is 3. The first kappa shape index (κ1) is 20.7. The van der Waals surface area contributed by atoms with Gasteiger partial charge in [-0.2, -0.15) is 0 Å². The van der Waals surface area contributed by atoms with Gasteiger partial charge in [-0.25, -0.2) is 4.39 Å². The third kappa shape index (κ3) is 5.28. The van der Waals surface area contributed by atoms with Crippen LogP contribution in [-0.2, 0) is 22.4 Å². The standard InChI is InChI=1S/C23H23FO5/c1-28-22-10-8-18(13-19(22)24)21(26)14-29-23(27)11-9-20(25)17-7-6-15-4-2-3-5-16(15)12-17/h6-8,10,12-13H,2-5,9,11,14H2,1H3. The Balaban J connectivity index is 1.47. The normalized spacial score (nSPS) is 12.8. The molecular weight excluding hydrogens is 375 g/mol. The molecule has 2 aromatic rings. The van der Waals surface area contributed by atoms with Crippen LogP contribution in [0.1, 0.15) is 57.5 Å². The Morgan fingerprint density at radius 2 is 1.59 bits per heavy atom. The summed E-state index contributed by atoms with van der Waals surface area (Å²) < 4.78 is 23.4. The van der Waals surface area contributed by atoms with Crippen molar-refractivity contribution < 1.29 is 28.2 Å². The first-order chi connectivity index (χ1) is 14.0. The molecule has 152 valence electrons. The second-order valence-electron chi connectivity index (χ2n) is 7.05. The highest BCUT2D eigenvalue weighted by atomic mass is 19.1. The van der Waals surface area contributed by atoms with Crippen molar-refractivity contribution >= 4 is 17.5 Å². The van der Waals surface area contributed by atoms with Crippen molar-refractivity contribution in [2.45, 2.75) is 38.5 Å². The molecule has 0 fully saturated rings. The van der Waals surface area contributed by atoms with Gasteiger partial charge in [-0.15, -0.1) is 0 Å². The molecular formula is C23H23FO5. The van der Waals surface area contributed by atoms with E-state index in [0.29, 0.717) is 5.56 Å². The zero-order valence-corrected chi connectivity index (χ0v) is 16.3. The molecule has 0 saturated carbocycles. The SMILES string of the molecule is COc1ccc(C(=O)COC(=O)CCC(=O)c2ccc3c(c2)CCCC3)cc1F. The van der Waals surface area contributed by atoms with E-state index in [0.717, 1.165) is 25.3 Å². The summed E-state index contributed by atoms with van der Waals surface area (Å²) in [6, 6.07) is 9.49. The van der Waals surface area contributed by atoms with Crippen molar-refractivity contribution in [3.8, 4) is 5.75 Å². The van der Waals surface area contributed by atoms with Crippen LogP contribution in [0.15, 0.2) is 36.4 Å². The smallest absolute Gasteiger partial charge is 0.306 e. The summed E-state index contributed by atoms with van der Waals surface area (Å²) in [6.07, 6.45) is 4.23. The van der Waals surface area contributed by atoms with Crippen molar-refractivity contribution in [2.75, 3.05) is 13.7 Å². The van der Waals surface area contributed by atoms with Crippen LogP contribution in [0.5, 0.6) is 5.75 Å². The number of benzene rings is 2. The molecule has 0 spiro atoms. The summed E-state index contributed by atoms with van der Waals surface area (Å²) >= 11 is 0. The summed E-state index contributed by atoms with van der Waals surface area (Å²) in [5.74, 6) is -1.93. The largest absolute Gasteiger partial charge is 0.494 e. The maximum atomic E-state index is 13.7. The molecule has 0 atom stereocenters. The Kier molecular flexibility index (Phi) is 6.75. The molecule has 0 heterocycles. The Hall–Kier alpha value is -3.02. The first-order valence-electron chi connectivity index (χ1n) is 9.65. The molecule has 5 nitrogen and oxygen atoms in total. The first-order valence-corrected chi connectivity index (χ1v) is 9.65. The zero-order valence-electron chi connectivity index (χ0n) is 16.3. The number of hydrogen-bond donors (Lipinski definition) is 0. The summed E-state index contributed by atoms with van der Waals surface area (Å²) in [7, 11) is 1.33. The maximum Gasteiger partial charge on any atom is 0.306 e. The fourth-order valence-corrected chi connectivity index (χ4v) is 3.41. The van der Waals surface area contributed by atoms with E-state index in [1.54, 1.807) is 6.07 Å². The fourth-order valence-electron chi connectivity index (χ4n) is 3.41. The lowest BCUT2D eigenvalue weighted by Crippen LogP contribution is -2.15. The van der Waals surface area contributed by atoms with Crippen molar-refractivity contribution in [1.29, 1.82) is 0 Å². The summed E-state index contributed by atoms with van der Waals surface area (Å²) in [5, 5.41) is 0. The van der Waals surface area contributed by atoms with E-state index in [4.69, 9.17) is 9.47 Å². The van der Waals surface area contributed by atoms with Gasteiger partial charge in [0, 0.05) is 17.5 Å². The minimum Gasteiger partial charge on any atom is -0.494 e. The van der Waals surface area contributed by atoms with Gasteiger partial charge in [-0.05, 0) is 61.1 Å². The van der Waals surface area contributed by atoms with Gasteiger partial charge in [-0.1, -0.05) is 12.1 Å². The topological polar surface area (TPSA) is 69.7 Å². The number of Topliss-reactive ketones (excluding diaryl/α,β-unsaturated/α-hetero) is 2. The van der Waals surface area contributed by atoms with Gasteiger partial charge in [0.25, 0.3) is 0 Å². The minimum atomic E-state index is -0.666. The maximum absolute atomic E-state index is 13.7. The van der Waals surface area contributed by atoms with Crippen LogP contribution < -0.4 is 4.74 Å². The predicted octanol–water partition coefficient (Wildman–Crippen LogP) is 4.10. The minimum absolute atomic E-state index is 0.0168. The molecule has 2 aromatic carbocycles. The molecule has 0 unspecified atom stereocenters. The average molecular weight is 398 g/mol. The number of fused-ring (bicyclic) bond motifs is 1. The number of hydrogen-bond acceptors (Lipinski definition) is 5. The van der Waals surface area contributed by atoms with Crippen LogP contribution in [0.4, 0.5) is 4.39 Å². The van der Waals surface area contributed by atoms with Gasteiger partial charge in [0.15, 0.2) is 29.7 Å². The molecule has 0 amide bonds. The molecule has 0 saturated heterocycles. The van der Waals surface area contributed by atoms with E-state index in [2.05, 4.69) is 0 Å².